The molecule has 0 saturated carbocycles. The highest BCUT2D eigenvalue weighted by Gasteiger charge is 2.35. The summed E-state index contributed by atoms with van der Waals surface area (Å²) in [6.07, 6.45) is 0.708. The number of carbonyl (C=O) groups excluding carboxylic acids is 2. The molecule has 9 nitrogen and oxygen atoms in total. The van der Waals surface area contributed by atoms with Crippen LogP contribution in [0.15, 0.2) is 83.3 Å². The number of amides is 1. The van der Waals surface area contributed by atoms with E-state index in [0.29, 0.717) is 18.3 Å². The highest BCUT2D eigenvalue weighted by atomic mass is 16.6. The van der Waals surface area contributed by atoms with E-state index >= 15 is 0 Å². The summed E-state index contributed by atoms with van der Waals surface area (Å²) >= 11 is 0. The molecule has 0 aliphatic carbocycles. The maximum Gasteiger partial charge on any atom is 0.419 e. The molecule has 0 N–H and O–H groups in total. The molecule has 5 aromatic rings. The molecule has 43 heavy (non-hydrogen) atoms. The first kappa shape index (κ1) is 28.2. The third-order valence-electron chi connectivity index (χ3n) is 7.38. The second-order valence-electron chi connectivity index (χ2n) is 11.8. The van der Waals surface area contributed by atoms with Gasteiger partial charge in [0.05, 0.1) is 11.2 Å². The van der Waals surface area contributed by atoms with Crippen LogP contribution in [0.4, 0.5) is 9.59 Å². The standard InChI is InChI=1S/C34H34N4O5/c1-22-12-17-27-26(19-22)20-29(38(27)33(40)43-34(2,3)4)24-13-15-25(16-14-24)30-35-36-31(42-30)28-11-8-18-37(28)32(39)41-21-23-9-6-5-7-10-23/h5-7,9-10,12-17,19-20,28H,8,11,18,21H2,1-4H3/t28-/m1/s1. The largest absolute Gasteiger partial charge is 0.445 e. The number of aromatic nitrogens is 3. The monoisotopic (exact) mass is 578 g/mol. The van der Waals surface area contributed by atoms with Gasteiger partial charge in [-0.1, -0.05) is 54.1 Å². The lowest BCUT2D eigenvalue weighted by Gasteiger charge is -2.21. The summed E-state index contributed by atoms with van der Waals surface area (Å²) in [7, 11) is 0. The zero-order chi connectivity index (χ0) is 30.1. The Labute approximate surface area is 250 Å². The summed E-state index contributed by atoms with van der Waals surface area (Å²) < 4.78 is 19.0. The van der Waals surface area contributed by atoms with Gasteiger partial charge in [0.1, 0.15) is 18.2 Å². The molecule has 0 unspecified atom stereocenters. The van der Waals surface area contributed by atoms with E-state index in [1.165, 1.54) is 0 Å². The summed E-state index contributed by atoms with van der Waals surface area (Å²) in [5.74, 6) is 0.739. The first-order valence-corrected chi connectivity index (χ1v) is 14.4. The molecule has 0 radical (unpaired) electrons. The normalized spacial score (nSPS) is 15.2. The molecule has 6 rings (SSSR count). The van der Waals surface area contributed by atoms with Crippen molar-refractivity contribution in [3.8, 4) is 22.7 Å². The fraction of sp³-hybridized carbons (Fsp3) is 0.294. The van der Waals surface area contributed by atoms with Gasteiger partial charge >= 0.3 is 12.2 Å². The maximum atomic E-state index is 13.3. The van der Waals surface area contributed by atoms with Crippen molar-refractivity contribution in [2.75, 3.05) is 6.54 Å². The Bertz CT molecular complexity index is 1770. The van der Waals surface area contributed by atoms with Gasteiger partial charge in [-0.3, -0.25) is 4.90 Å². The van der Waals surface area contributed by atoms with Crippen molar-refractivity contribution in [3.05, 3.63) is 95.9 Å². The SMILES string of the molecule is Cc1ccc2c(c1)cc(-c1ccc(-c3nnc([C@H]4CCCN4C(=O)OCc4ccccc4)o3)cc1)n2C(=O)OC(C)(C)C. The number of hydrogen-bond acceptors (Lipinski definition) is 7. The van der Waals surface area contributed by atoms with Crippen LogP contribution < -0.4 is 0 Å². The summed E-state index contributed by atoms with van der Waals surface area (Å²) in [6, 6.07) is 24.8. The lowest BCUT2D eigenvalue weighted by molar-refractivity contribution is 0.0547. The van der Waals surface area contributed by atoms with Crippen molar-refractivity contribution >= 4 is 23.1 Å². The highest BCUT2D eigenvalue weighted by molar-refractivity contribution is 5.96. The van der Waals surface area contributed by atoms with Gasteiger partial charge in [0, 0.05) is 17.5 Å². The first-order valence-electron chi connectivity index (χ1n) is 14.4. The Balaban J connectivity index is 1.22. The Hall–Kier alpha value is -4.92. The van der Waals surface area contributed by atoms with Gasteiger partial charge in [0.15, 0.2) is 0 Å². The van der Waals surface area contributed by atoms with Gasteiger partial charge in [0.2, 0.25) is 11.8 Å². The Kier molecular flexibility index (Phi) is 7.48. The molecule has 3 aromatic carbocycles. The van der Waals surface area contributed by atoms with Crippen molar-refractivity contribution in [1.82, 2.24) is 19.7 Å². The molecule has 1 aliphatic rings. The van der Waals surface area contributed by atoms with Crippen LogP contribution in [0.1, 0.15) is 56.7 Å². The molecular weight excluding hydrogens is 544 g/mol. The van der Waals surface area contributed by atoms with Gasteiger partial charge in [-0.05, 0) is 82.0 Å². The van der Waals surface area contributed by atoms with Crippen molar-refractivity contribution in [2.24, 2.45) is 0 Å². The van der Waals surface area contributed by atoms with Gasteiger partial charge < -0.3 is 13.9 Å². The molecule has 1 atom stereocenters. The van der Waals surface area contributed by atoms with Gasteiger partial charge in [0.25, 0.3) is 0 Å². The Morgan fingerprint density at radius 2 is 1.67 bits per heavy atom. The predicted octanol–water partition coefficient (Wildman–Crippen LogP) is 7.92. The number of likely N-dealkylation sites (tertiary alicyclic amines) is 1. The molecule has 1 aliphatic heterocycles. The molecule has 1 amide bonds. The molecule has 0 spiro atoms. The summed E-state index contributed by atoms with van der Waals surface area (Å²) in [5, 5.41) is 9.51. The highest BCUT2D eigenvalue weighted by Crippen LogP contribution is 2.35. The van der Waals surface area contributed by atoms with Gasteiger partial charge in [-0.2, -0.15) is 0 Å². The minimum absolute atomic E-state index is 0.205. The van der Waals surface area contributed by atoms with Crippen molar-refractivity contribution in [1.29, 1.82) is 0 Å². The Morgan fingerprint density at radius 1 is 0.930 bits per heavy atom. The van der Waals surface area contributed by atoms with E-state index in [4.69, 9.17) is 13.9 Å². The minimum Gasteiger partial charge on any atom is -0.445 e. The van der Waals surface area contributed by atoms with Crippen LogP contribution >= 0.6 is 0 Å². The third-order valence-corrected chi connectivity index (χ3v) is 7.38. The summed E-state index contributed by atoms with van der Waals surface area (Å²) in [5.41, 5.74) is 4.47. The smallest absolute Gasteiger partial charge is 0.419 e. The van der Waals surface area contributed by atoms with Crippen LogP contribution in [0.25, 0.3) is 33.6 Å². The fourth-order valence-electron chi connectivity index (χ4n) is 5.37. The zero-order valence-electron chi connectivity index (χ0n) is 24.7. The molecule has 1 fully saturated rings. The first-order chi connectivity index (χ1) is 20.7. The second-order valence-corrected chi connectivity index (χ2v) is 11.8. The van der Waals surface area contributed by atoms with E-state index in [1.807, 2.05) is 100 Å². The number of aryl methyl sites for hydroxylation is 1. The van der Waals surface area contributed by atoms with Gasteiger partial charge in [-0.15, -0.1) is 10.2 Å². The number of nitrogens with zero attached hydrogens (tertiary/aromatic N) is 4. The van der Waals surface area contributed by atoms with Gasteiger partial charge in [-0.25, -0.2) is 14.2 Å². The van der Waals surface area contributed by atoms with E-state index in [0.717, 1.165) is 51.7 Å². The summed E-state index contributed by atoms with van der Waals surface area (Å²) in [6.45, 7) is 8.35. The minimum atomic E-state index is -0.636. The van der Waals surface area contributed by atoms with Crippen LogP contribution in [0.2, 0.25) is 0 Å². The maximum absolute atomic E-state index is 13.3. The van der Waals surface area contributed by atoms with Crippen molar-refractivity contribution in [3.63, 3.8) is 0 Å². The van der Waals surface area contributed by atoms with E-state index < -0.39 is 17.8 Å². The molecule has 1 saturated heterocycles. The van der Waals surface area contributed by atoms with Crippen LogP contribution in [-0.4, -0.2) is 44.0 Å². The quantitative estimate of drug-likeness (QED) is 0.209. The molecule has 220 valence electrons. The van der Waals surface area contributed by atoms with Crippen molar-refractivity contribution < 1.29 is 23.5 Å². The number of carbonyl (C=O) groups is 2. The fourth-order valence-corrected chi connectivity index (χ4v) is 5.37. The number of benzene rings is 3. The molecule has 2 aromatic heterocycles. The molecular formula is C34H34N4O5. The van der Waals surface area contributed by atoms with E-state index in [9.17, 15) is 9.59 Å². The third kappa shape index (κ3) is 6.02. The number of fused-ring (bicyclic) bond motifs is 1. The zero-order valence-corrected chi connectivity index (χ0v) is 24.7. The lowest BCUT2D eigenvalue weighted by Crippen LogP contribution is -2.31. The second kappa shape index (κ2) is 11.4. The number of rotatable bonds is 5. The molecule has 3 heterocycles. The number of ether oxygens (including phenoxy) is 2. The average molecular weight is 579 g/mol. The summed E-state index contributed by atoms with van der Waals surface area (Å²) in [4.78, 5) is 27.8. The van der Waals surface area contributed by atoms with Crippen LogP contribution in [0.5, 0.6) is 0 Å². The average Bonchev–Trinajstić information content (AvgIpc) is 3.74. The van der Waals surface area contributed by atoms with Crippen LogP contribution in [-0.2, 0) is 16.1 Å². The van der Waals surface area contributed by atoms with E-state index in [2.05, 4.69) is 16.3 Å². The predicted molar refractivity (Wildman–Crippen MR) is 162 cm³/mol. The topological polar surface area (TPSA) is 99.7 Å². The molecule has 0 bridgehead atoms. The Morgan fingerprint density at radius 3 is 2.42 bits per heavy atom. The van der Waals surface area contributed by atoms with Crippen molar-refractivity contribution in [2.45, 2.75) is 58.8 Å². The number of hydrogen-bond donors (Lipinski definition) is 0. The molecule has 9 heteroatoms. The van der Waals surface area contributed by atoms with Crippen LogP contribution in [0, 0.1) is 6.92 Å². The van der Waals surface area contributed by atoms with E-state index in [1.54, 1.807) is 9.47 Å². The van der Waals surface area contributed by atoms with Crippen LogP contribution in [0.3, 0.4) is 0 Å². The van der Waals surface area contributed by atoms with E-state index in [-0.39, 0.29) is 12.6 Å². The lowest BCUT2D eigenvalue weighted by atomic mass is 10.1.